The van der Waals surface area contributed by atoms with Gasteiger partial charge in [0.05, 0.1) is 13.7 Å². The largest absolute Gasteiger partial charge is 0.467 e. The first-order valence-electron chi connectivity index (χ1n) is 9.13. The van der Waals surface area contributed by atoms with Crippen LogP contribution in [0.3, 0.4) is 0 Å². The second kappa shape index (κ2) is 11.5. The van der Waals surface area contributed by atoms with Crippen molar-refractivity contribution >= 4 is 18.0 Å². The number of methoxy groups -OCH3 is 1. The summed E-state index contributed by atoms with van der Waals surface area (Å²) in [7, 11) is 1.15. The lowest BCUT2D eigenvalue weighted by molar-refractivity contribution is -0.145. The Balaban J connectivity index is 1.95. The van der Waals surface area contributed by atoms with Crippen LogP contribution in [-0.2, 0) is 32.1 Å². The number of halogens is 1. The highest BCUT2D eigenvalue weighted by molar-refractivity contribution is 5.89. The third-order valence-corrected chi connectivity index (χ3v) is 4.13. The second-order valence-electron chi connectivity index (χ2n) is 6.36. The number of hydrogen-bond acceptors (Lipinski definition) is 6. The van der Waals surface area contributed by atoms with Gasteiger partial charge in [-0.15, -0.1) is 0 Å². The van der Waals surface area contributed by atoms with Gasteiger partial charge in [0.25, 0.3) is 0 Å². The van der Waals surface area contributed by atoms with Gasteiger partial charge in [0.1, 0.15) is 24.5 Å². The Bertz CT molecular complexity index is 862. The molecule has 3 N–H and O–H groups in total. The van der Waals surface area contributed by atoms with Gasteiger partial charge in [-0.3, -0.25) is 4.79 Å². The molecule has 0 fully saturated rings. The number of aliphatic hydroxyl groups is 1. The lowest BCUT2D eigenvalue weighted by atomic mass is 10.1. The maximum Gasteiger partial charge on any atom is 0.408 e. The number of carbonyl (C=O) groups excluding carboxylic acids is 3. The molecule has 30 heavy (non-hydrogen) atoms. The normalized spacial score (nSPS) is 12.4. The summed E-state index contributed by atoms with van der Waals surface area (Å²) in [5, 5.41) is 14.1. The van der Waals surface area contributed by atoms with Crippen LogP contribution in [0.5, 0.6) is 0 Å². The lowest BCUT2D eigenvalue weighted by Crippen LogP contribution is -2.54. The van der Waals surface area contributed by atoms with E-state index in [2.05, 4.69) is 15.4 Å². The molecular formula is C21H23FN2O6. The maximum atomic E-state index is 13.4. The topological polar surface area (TPSA) is 114 Å². The molecular weight excluding hydrogens is 395 g/mol. The van der Waals surface area contributed by atoms with E-state index in [1.165, 1.54) is 18.2 Å². The van der Waals surface area contributed by atoms with E-state index in [4.69, 9.17) is 4.74 Å². The summed E-state index contributed by atoms with van der Waals surface area (Å²) in [6, 6.07) is 12.0. The molecule has 0 aromatic heterocycles. The Labute approximate surface area is 173 Å². The molecule has 2 rings (SSSR count). The van der Waals surface area contributed by atoms with Crippen LogP contribution < -0.4 is 10.6 Å². The Hall–Kier alpha value is -3.46. The van der Waals surface area contributed by atoms with Gasteiger partial charge in [0.15, 0.2) is 0 Å². The molecule has 8 nitrogen and oxygen atoms in total. The smallest absolute Gasteiger partial charge is 0.408 e. The van der Waals surface area contributed by atoms with Crippen molar-refractivity contribution in [3.05, 3.63) is 71.5 Å². The summed E-state index contributed by atoms with van der Waals surface area (Å²) in [6.45, 7) is -0.739. The number of nitrogens with one attached hydrogen (secondary N) is 2. The number of rotatable bonds is 9. The first-order valence-corrected chi connectivity index (χ1v) is 9.13. The van der Waals surface area contributed by atoms with Gasteiger partial charge < -0.3 is 25.2 Å². The Morgan fingerprint density at radius 2 is 1.70 bits per heavy atom. The summed E-state index contributed by atoms with van der Waals surface area (Å²) < 4.78 is 23.1. The van der Waals surface area contributed by atoms with Crippen molar-refractivity contribution in [3.8, 4) is 0 Å². The minimum Gasteiger partial charge on any atom is -0.467 e. The van der Waals surface area contributed by atoms with Crippen molar-refractivity contribution < 1.29 is 33.4 Å². The van der Waals surface area contributed by atoms with Gasteiger partial charge >= 0.3 is 12.1 Å². The number of ether oxygens (including phenoxy) is 2. The fraction of sp³-hybridized carbons (Fsp3) is 0.286. The SMILES string of the molecule is COC(=O)[C@@H](Cc1cccc(F)c1)NC(=O)[C@H](CO)NC(=O)OCc1ccccc1. The van der Waals surface area contributed by atoms with Crippen LogP contribution in [-0.4, -0.2) is 48.9 Å². The van der Waals surface area contributed by atoms with Gasteiger partial charge in [0.2, 0.25) is 5.91 Å². The zero-order valence-electron chi connectivity index (χ0n) is 16.3. The minimum absolute atomic E-state index is 0.0171. The molecule has 0 aliphatic carbocycles. The van der Waals surface area contributed by atoms with E-state index in [0.717, 1.165) is 12.7 Å². The maximum absolute atomic E-state index is 13.4. The first kappa shape index (κ1) is 22.8. The van der Waals surface area contributed by atoms with Crippen molar-refractivity contribution in [3.63, 3.8) is 0 Å². The number of hydrogen-bond donors (Lipinski definition) is 3. The van der Waals surface area contributed by atoms with Crippen LogP contribution in [0.4, 0.5) is 9.18 Å². The molecule has 0 saturated carbocycles. The molecule has 0 bridgehead atoms. The molecule has 0 heterocycles. The molecule has 2 aromatic rings. The van der Waals surface area contributed by atoms with Gasteiger partial charge in [0, 0.05) is 6.42 Å². The number of amides is 2. The number of esters is 1. The summed E-state index contributed by atoms with van der Waals surface area (Å²) in [4.78, 5) is 36.4. The molecule has 160 valence electrons. The van der Waals surface area contributed by atoms with Crippen LogP contribution >= 0.6 is 0 Å². The first-order chi connectivity index (χ1) is 14.4. The number of aliphatic hydroxyl groups excluding tert-OH is 1. The molecule has 0 spiro atoms. The van der Waals surface area contributed by atoms with Gasteiger partial charge in [-0.25, -0.2) is 14.0 Å². The van der Waals surface area contributed by atoms with E-state index in [9.17, 15) is 23.9 Å². The van der Waals surface area contributed by atoms with Gasteiger partial charge in [-0.1, -0.05) is 42.5 Å². The van der Waals surface area contributed by atoms with Crippen molar-refractivity contribution in [2.45, 2.75) is 25.1 Å². The summed E-state index contributed by atoms with van der Waals surface area (Å²) in [5.74, 6) is -2.06. The highest BCUT2D eigenvalue weighted by atomic mass is 19.1. The van der Waals surface area contributed by atoms with Gasteiger partial charge in [-0.05, 0) is 23.3 Å². The van der Waals surface area contributed by atoms with Crippen LogP contribution in [0, 0.1) is 5.82 Å². The average Bonchev–Trinajstić information content (AvgIpc) is 2.75. The fourth-order valence-electron chi connectivity index (χ4n) is 2.61. The molecule has 0 saturated heterocycles. The van der Waals surface area contributed by atoms with Crippen molar-refractivity contribution in [2.75, 3.05) is 13.7 Å². The molecule has 2 aromatic carbocycles. The molecule has 0 aliphatic rings. The highest BCUT2D eigenvalue weighted by Gasteiger charge is 2.27. The highest BCUT2D eigenvalue weighted by Crippen LogP contribution is 2.08. The second-order valence-corrected chi connectivity index (χ2v) is 6.36. The number of carbonyl (C=O) groups is 3. The number of alkyl carbamates (subject to hydrolysis) is 1. The Morgan fingerprint density at radius 3 is 2.33 bits per heavy atom. The summed E-state index contributed by atoms with van der Waals surface area (Å²) >= 11 is 0. The monoisotopic (exact) mass is 418 g/mol. The zero-order chi connectivity index (χ0) is 21.9. The van der Waals surface area contributed by atoms with Crippen LogP contribution in [0.15, 0.2) is 54.6 Å². The predicted octanol–water partition coefficient (Wildman–Crippen LogP) is 1.31. The van der Waals surface area contributed by atoms with E-state index in [-0.39, 0.29) is 13.0 Å². The molecule has 0 unspecified atom stereocenters. The van der Waals surface area contributed by atoms with Crippen LogP contribution in [0.2, 0.25) is 0 Å². The summed E-state index contributed by atoms with van der Waals surface area (Å²) in [6.07, 6.45) is -0.944. The van der Waals surface area contributed by atoms with Crippen molar-refractivity contribution in [2.24, 2.45) is 0 Å². The zero-order valence-corrected chi connectivity index (χ0v) is 16.3. The molecule has 0 aliphatic heterocycles. The van der Waals surface area contributed by atoms with Crippen LogP contribution in [0.1, 0.15) is 11.1 Å². The molecule has 2 amide bonds. The lowest BCUT2D eigenvalue weighted by Gasteiger charge is -2.21. The van der Waals surface area contributed by atoms with Crippen molar-refractivity contribution in [1.29, 1.82) is 0 Å². The van der Waals surface area contributed by atoms with E-state index >= 15 is 0 Å². The average molecular weight is 418 g/mol. The Kier molecular flexibility index (Phi) is 8.76. The van der Waals surface area contributed by atoms with Crippen LogP contribution in [0.25, 0.3) is 0 Å². The van der Waals surface area contributed by atoms with E-state index in [1.54, 1.807) is 30.3 Å². The number of benzene rings is 2. The van der Waals surface area contributed by atoms with E-state index < -0.39 is 42.5 Å². The molecule has 0 radical (unpaired) electrons. The summed E-state index contributed by atoms with van der Waals surface area (Å²) in [5.41, 5.74) is 1.21. The van der Waals surface area contributed by atoms with Crippen molar-refractivity contribution in [1.82, 2.24) is 10.6 Å². The van der Waals surface area contributed by atoms with E-state index in [1.807, 2.05) is 6.07 Å². The predicted molar refractivity (Wildman–Crippen MR) is 105 cm³/mol. The minimum atomic E-state index is -1.35. The quantitative estimate of drug-likeness (QED) is 0.529. The molecule has 9 heteroatoms. The fourth-order valence-corrected chi connectivity index (χ4v) is 2.61. The van der Waals surface area contributed by atoms with E-state index in [0.29, 0.717) is 5.56 Å². The standard InChI is InChI=1S/C21H23FN2O6/c1-29-20(27)17(11-15-8-5-9-16(22)10-15)23-19(26)18(12-25)24-21(28)30-13-14-6-3-2-4-7-14/h2-10,17-18,25H,11-13H2,1H3,(H,23,26)(H,24,28)/t17-,18+/m1/s1. The third-order valence-electron chi connectivity index (χ3n) is 4.13. The third kappa shape index (κ3) is 7.17. The molecule has 2 atom stereocenters. The Morgan fingerprint density at radius 1 is 1.00 bits per heavy atom. The van der Waals surface area contributed by atoms with Gasteiger partial charge in [-0.2, -0.15) is 0 Å².